The molecule has 5 nitrogen and oxygen atoms in total. The van der Waals surface area contributed by atoms with Gasteiger partial charge < -0.3 is 10.4 Å². The van der Waals surface area contributed by atoms with Crippen molar-refractivity contribution in [2.75, 3.05) is 31.1 Å². The third-order valence-corrected chi connectivity index (χ3v) is 7.04. The van der Waals surface area contributed by atoms with E-state index in [9.17, 15) is 13.5 Å². The van der Waals surface area contributed by atoms with Gasteiger partial charge in [-0.1, -0.05) is 6.07 Å². The van der Waals surface area contributed by atoms with Crippen LogP contribution in [0.2, 0.25) is 0 Å². The molecule has 2 aliphatic rings. The first-order chi connectivity index (χ1) is 10.1. The molecule has 3 heterocycles. The maximum Gasteiger partial charge on any atom is 0.154 e. The molecule has 2 saturated heterocycles. The minimum Gasteiger partial charge on any atom is -0.390 e. The van der Waals surface area contributed by atoms with Crippen molar-refractivity contribution in [3.05, 3.63) is 22.4 Å². The predicted octanol–water partition coefficient (Wildman–Crippen LogP) is 0.632. The Kier molecular flexibility index (Phi) is 4.66. The second-order valence-corrected chi connectivity index (χ2v) is 9.07. The molecule has 2 aliphatic heterocycles. The van der Waals surface area contributed by atoms with Crippen LogP contribution in [0.25, 0.3) is 0 Å². The predicted molar refractivity (Wildman–Crippen MR) is 84.3 cm³/mol. The van der Waals surface area contributed by atoms with E-state index in [1.165, 1.54) is 17.7 Å². The molecule has 3 rings (SSSR count). The van der Waals surface area contributed by atoms with Crippen LogP contribution in [0, 0.1) is 0 Å². The van der Waals surface area contributed by atoms with Gasteiger partial charge in [-0.2, -0.15) is 0 Å². The highest BCUT2D eigenvalue weighted by Gasteiger charge is 2.37. The van der Waals surface area contributed by atoms with Crippen molar-refractivity contribution in [1.82, 2.24) is 10.2 Å². The molecule has 3 atom stereocenters. The smallest absolute Gasteiger partial charge is 0.154 e. The zero-order valence-electron chi connectivity index (χ0n) is 11.9. The third-order valence-electron chi connectivity index (χ3n) is 4.35. The Labute approximate surface area is 129 Å². The molecule has 0 radical (unpaired) electrons. The molecule has 7 heteroatoms. The van der Waals surface area contributed by atoms with Crippen molar-refractivity contribution in [3.63, 3.8) is 0 Å². The Bertz CT molecular complexity index is 553. The van der Waals surface area contributed by atoms with Gasteiger partial charge in [0.25, 0.3) is 0 Å². The van der Waals surface area contributed by atoms with Crippen molar-refractivity contribution in [2.45, 2.75) is 31.0 Å². The molecule has 1 aromatic rings. The molecular weight excluding hydrogens is 308 g/mol. The number of aliphatic hydroxyl groups excluding tert-OH is 1. The lowest BCUT2D eigenvalue weighted by atomic mass is 10.1. The van der Waals surface area contributed by atoms with Gasteiger partial charge >= 0.3 is 0 Å². The lowest BCUT2D eigenvalue weighted by molar-refractivity contribution is 0.155. The largest absolute Gasteiger partial charge is 0.390 e. The molecule has 0 bridgehead atoms. The summed E-state index contributed by atoms with van der Waals surface area (Å²) >= 11 is 1.74. The van der Waals surface area contributed by atoms with Crippen LogP contribution in [0.4, 0.5) is 0 Å². The van der Waals surface area contributed by atoms with Crippen molar-refractivity contribution < 1.29 is 13.5 Å². The Morgan fingerprint density at radius 1 is 1.38 bits per heavy atom. The molecule has 0 aliphatic carbocycles. The number of hydrogen-bond donors (Lipinski definition) is 2. The molecule has 1 aromatic heterocycles. The molecular formula is C14H22N2O3S2. The van der Waals surface area contributed by atoms with E-state index in [0.717, 1.165) is 13.1 Å². The molecule has 21 heavy (non-hydrogen) atoms. The van der Waals surface area contributed by atoms with Crippen molar-refractivity contribution >= 4 is 21.2 Å². The minimum absolute atomic E-state index is 0.0470. The lowest BCUT2D eigenvalue weighted by Crippen LogP contribution is -2.43. The monoisotopic (exact) mass is 330 g/mol. The maximum atomic E-state index is 11.6. The number of thiophene rings is 1. The van der Waals surface area contributed by atoms with Crippen LogP contribution in [-0.4, -0.2) is 61.7 Å². The maximum absolute atomic E-state index is 11.6. The summed E-state index contributed by atoms with van der Waals surface area (Å²) < 4.78 is 23.1. The van der Waals surface area contributed by atoms with Crippen LogP contribution < -0.4 is 5.32 Å². The lowest BCUT2D eigenvalue weighted by Gasteiger charge is -2.28. The standard InChI is InChI=1S/C14H22N2O3S2/c17-13-10-21(18,19)9-11(13)15-8-12(14-4-3-7-20-14)16-5-1-2-6-16/h3-4,7,11-13,15,17H,1-2,5-6,8-10H2/t11-,12+,13+/m1/s1. The highest BCUT2D eigenvalue weighted by Crippen LogP contribution is 2.28. The summed E-state index contributed by atoms with van der Waals surface area (Å²) in [7, 11) is -3.09. The third kappa shape index (κ3) is 3.65. The van der Waals surface area contributed by atoms with Crippen molar-refractivity contribution in [3.8, 4) is 0 Å². The Balaban J connectivity index is 1.65. The summed E-state index contributed by atoms with van der Waals surface area (Å²) in [5.74, 6) is -0.0661. The van der Waals surface area contributed by atoms with Gasteiger partial charge in [0.1, 0.15) is 0 Å². The highest BCUT2D eigenvalue weighted by molar-refractivity contribution is 7.91. The Morgan fingerprint density at radius 3 is 2.71 bits per heavy atom. The number of sulfone groups is 1. The molecule has 0 aromatic carbocycles. The van der Waals surface area contributed by atoms with E-state index >= 15 is 0 Å². The van der Waals surface area contributed by atoms with Crippen LogP contribution in [0.1, 0.15) is 23.8 Å². The number of aliphatic hydroxyl groups is 1. The zero-order valence-corrected chi connectivity index (χ0v) is 13.6. The Hall–Kier alpha value is -0.470. The van der Waals surface area contributed by atoms with Gasteiger partial charge in [0.2, 0.25) is 0 Å². The summed E-state index contributed by atoms with van der Waals surface area (Å²) in [6.07, 6.45) is 1.67. The van der Waals surface area contributed by atoms with E-state index in [2.05, 4.69) is 27.7 Å². The minimum atomic E-state index is -3.09. The second-order valence-electron chi connectivity index (χ2n) is 5.93. The quantitative estimate of drug-likeness (QED) is 0.829. The molecule has 2 N–H and O–H groups in total. The van der Waals surface area contributed by atoms with E-state index < -0.39 is 15.9 Å². The molecule has 2 fully saturated rings. The summed E-state index contributed by atoms with van der Waals surface area (Å²) in [6.45, 7) is 2.88. The van der Waals surface area contributed by atoms with Crippen LogP contribution in [0.15, 0.2) is 17.5 Å². The van der Waals surface area contributed by atoms with Gasteiger partial charge in [0, 0.05) is 17.5 Å². The van der Waals surface area contributed by atoms with Gasteiger partial charge in [-0.25, -0.2) is 8.42 Å². The average Bonchev–Trinajstić information content (AvgIpc) is 3.13. The first-order valence-electron chi connectivity index (χ1n) is 7.44. The first kappa shape index (κ1) is 15.4. The van der Waals surface area contributed by atoms with Crippen LogP contribution in [0.3, 0.4) is 0 Å². The van der Waals surface area contributed by atoms with Gasteiger partial charge in [0.15, 0.2) is 9.84 Å². The second kappa shape index (κ2) is 6.34. The molecule has 0 saturated carbocycles. The number of rotatable bonds is 5. The normalized spacial score (nSPS) is 30.7. The summed E-state index contributed by atoms with van der Waals surface area (Å²) in [5.41, 5.74) is 0. The SMILES string of the molecule is O=S1(=O)C[C@H](O)[C@H](NC[C@@H](c2cccs2)N2CCCC2)C1. The van der Waals surface area contributed by atoms with E-state index in [4.69, 9.17) is 0 Å². The van der Waals surface area contributed by atoms with Crippen LogP contribution >= 0.6 is 11.3 Å². The van der Waals surface area contributed by atoms with Crippen molar-refractivity contribution in [2.24, 2.45) is 0 Å². The van der Waals surface area contributed by atoms with Crippen molar-refractivity contribution in [1.29, 1.82) is 0 Å². The van der Waals surface area contributed by atoms with E-state index in [0.29, 0.717) is 6.54 Å². The number of likely N-dealkylation sites (tertiary alicyclic amines) is 1. The average molecular weight is 330 g/mol. The summed E-state index contributed by atoms with van der Waals surface area (Å²) in [4.78, 5) is 3.76. The van der Waals surface area contributed by atoms with Crippen LogP contribution in [-0.2, 0) is 9.84 Å². The fraction of sp³-hybridized carbons (Fsp3) is 0.714. The van der Waals surface area contributed by atoms with Gasteiger partial charge in [0.05, 0.1) is 23.7 Å². The van der Waals surface area contributed by atoms with E-state index in [1.807, 2.05) is 0 Å². The molecule has 0 amide bonds. The molecule has 0 spiro atoms. The van der Waals surface area contributed by atoms with E-state index in [-0.39, 0.29) is 23.6 Å². The van der Waals surface area contributed by atoms with Gasteiger partial charge in [-0.05, 0) is 37.4 Å². The van der Waals surface area contributed by atoms with Gasteiger partial charge in [-0.15, -0.1) is 11.3 Å². The molecule has 118 valence electrons. The highest BCUT2D eigenvalue weighted by atomic mass is 32.2. The molecule has 0 unspecified atom stereocenters. The summed E-state index contributed by atoms with van der Waals surface area (Å²) in [6, 6.07) is 4.14. The number of nitrogens with one attached hydrogen (secondary N) is 1. The first-order valence-corrected chi connectivity index (χ1v) is 10.1. The fourth-order valence-electron chi connectivity index (χ4n) is 3.23. The zero-order chi connectivity index (χ0) is 14.9. The Morgan fingerprint density at radius 2 is 2.14 bits per heavy atom. The number of hydrogen-bond acceptors (Lipinski definition) is 6. The van der Waals surface area contributed by atoms with E-state index in [1.54, 1.807) is 11.3 Å². The summed E-state index contributed by atoms with van der Waals surface area (Å²) in [5, 5.41) is 15.2. The fourth-order valence-corrected chi connectivity index (χ4v) is 5.87. The topological polar surface area (TPSA) is 69.6 Å². The van der Waals surface area contributed by atoms with Crippen LogP contribution in [0.5, 0.6) is 0 Å². The van der Waals surface area contributed by atoms with Gasteiger partial charge in [-0.3, -0.25) is 4.90 Å². The number of nitrogens with zero attached hydrogens (tertiary/aromatic N) is 1.